The van der Waals surface area contributed by atoms with Crippen molar-refractivity contribution < 1.29 is 19.0 Å². The van der Waals surface area contributed by atoms with E-state index in [2.05, 4.69) is 41.7 Å². The fourth-order valence-electron chi connectivity index (χ4n) is 5.13. The number of fused-ring (bicyclic) bond motifs is 1. The number of carbonyl (C=O) groups excluding carboxylic acids is 1. The molecule has 2 aliphatic heterocycles. The standard InChI is InChI=1S/C27H35Br2N3O4/c1-34-24-12-18-7-10-32(26(33)14-19(18)13-25(24)35-2)17-20-6-3-4-8-31(20)9-5-11-36-21-15-22(28)27(30)23(29)16-21/h12-13,15-16,20H,3-11,14,17,30H2,1-2H3. The zero-order valence-electron chi connectivity index (χ0n) is 21.0. The molecule has 196 valence electrons. The summed E-state index contributed by atoms with van der Waals surface area (Å²) in [4.78, 5) is 17.8. The van der Waals surface area contributed by atoms with E-state index in [1.807, 2.05) is 24.3 Å². The lowest BCUT2D eigenvalue weighted by molar-refractivity contribution is -0.131. The molecule has 2 aliphatic rings. The van der Waals surface area contributed by atoms with Gasteiger partial charge in [0, 0.05) is 34.6 Å². The van der Waals surface area contributed by atoms with Gasteiger partial charge in [0.15, 0.2) is 11.5 Å². The van der Waals surface area contributed by atoms with Crippen LogP contribution in [0.4, 0.5) is 5.69 Å². The van der Waals surface area contributed by atoms with E-state index in [9.17, 15) is 4.79 Å². The lowest BCUT2D eigenvalue weighted by Crippen LogP contribution is -2.49. The van der Waals surface area contributed by atoms with E-state index in [1.54, 1.807) is 14.2 Å². The molecule has 4 rings (SSSR count). The molecule has 0 aliphatic carbocycles. The molecule has 1 atom stereocenters. The van der Waals surface area contributed by atoms with Gasteiger partial charge in [-0.2, -0.15) is 0 Å². The van der Waals surface area contributed by atoms with Gasteiger partial charge in [0.05, 0.1) is 32.9 Å². The van der Waals surface area contributed by atoms with Crippen LogP contribution in [0.3, 0.4) is 0 Å². The second-order valence-electron chi connectivity index (χ2n) is 9.43. The molecule has 0 spiro atoms. The average Bonchev–Trinajstić information content (AvgIpc) is 3.02. The van der Waals surface area contributed by atoms with Crippen molar-refractivity contribution in [3.63, 3.8) is 0 Å². The third-order valence-electron chi connectivity index (χ3n) is 7.14. The van der Waals surface area contributed by atoms with Crippen LogP contribution >= 0.6 is 31.9 Å². The van der Waals surface area contributed by atoms with Gasteiger partial charge < -0.3 is 24.8 Å². The molecule has 1 amide bonds. The van der Waals surface area contributed by atoms with E-state index in [0.29, 0.717) is 30.5 Å². The number of likely N-dealkylation sites (tertiary alicyclic amines) is 1. The summed E-state index contributed by atoms with van der Waals surface area (Å²) < 4.78 is 18.6. The number of nitrogens with two attached hydrogens (primary N) is 1. The van der Waals surface area contributed by atoms with Crippen molar-refractivity contribution in [2.24, 2.45) is 0 Å². The zero-order valence-corrected chi connectivity index (χ0v) is 24.2. The lowest BCUT2D eigenvalue weighted by Gasteiger charge is -2.38. The van der Waals surface area contributed by atoms with Crippen molar-refractivity contribution >= 4 is 43.5 Å². The number of methoxy groups -OCH3 is 2. The highest BCUT2D eigenvalue weighted by Gasteiger charge is 2.28. The maximum atomic E-state index is 13.2. The molecule has 1 saturated heterocycles. The third kappa shape index (κ3) is 6.47. The first-order chi connectivity index (χ1) is 17.4. The Balaban J connectivity index is 1.33. The van der Waals surface area contributed by atoms with Crippen LogP contribution < -0.4 is 19.9 Å². The fourth-order valence-corrected chi connectivity index (χ4v) is 6.27. The number of hydrogen-bond acceptors (Lipinski definition) is 6. The third-order valence-corrected chi connectivity index (χ3v) is 8.45. The Labute approximate surface area is 230 Å². The van der Waals surface area contributed by atoms with Crippen LogP contribution in [-0.4, -0.2) is 68.8 Å². The number of carbonyl (C=O) groups is 1. The summed E-state index contributed by atoms with van der Waals surface area (Å²) in [5.41, 5.74) is 8.85. The minimum atomic E-state index is 0.189. The molecular weight excluding hydrogens is 590 g/mol. The summed E-state index contributed by atoms with van der Waals surface area (Å²) in [6.07, 6.45) is 5.69. The number of halogens is 2. The van der Waals surface area contributed by atoms with Crippen LogP contribution in [0.1, 0.15) is 36.8 Å². The molecule has 0 radical (unpaired) electrons. The highest BCUT2D eigenvalue weighted by molar-refractivity contribution is 9.11. The number of amides is 1. The fraction of sp³-hybridized carbons (Fsp3) is 0.519. The van der Waals surface area contributed by atoms with E-state index < -0.39 is 0 Å². The van der Waals surface area contributed by atoms with Crippen molar-refractivity contribution in [3.8, 4) is 17.2 Å². The van der Waals surface area contributed by atoms with E-state index in [0.717, 1.165) is 71.4 Å². The Kier molecular flexibility index (Phi) is 9.41. The summed E-state index contributed by atoms with van der Waals surface area (Å²) >= 11 is 6.94. The van der Waals surface area contributed by atoms with Crippen LogP contribution in [0.5, 0.6) is 17.2 Å². The Morgan fingerprint density at radius 1 is 1.00 bits per heavy atom. The van der Waals surface area contributed by atoms with Crippen molar-refractivity contribution in [3.05, 3.63) is 44.3 Å². The largest absolute Gasteiger partial charge is 0.493 e. The molecular formula is C27H35Br2N3O4. The van der Waals surface area contributed by atoms with Gasteiger partial charge in [-0.1, -0.05) is 6.42 Å². The first-order valence-electron chi connectivity index (χ1n) is 12.5. The predicted octanol–water partition coefficient (Wildman–Crippen LogP) is 5.06. The summed E-state index contributed by atoms with van der Waals surface area (Å²) in [6, 6.07) is 8.17. The molecule has 0 saturated carbocycles. The van der Waals surface area contributed by atoms with Crippen molar-refractivity contribution in [1.82, 2.24) is 9.80 Å². The first kappa shape index (κ1) is 27.1. The molecule has 2 heterocycles. The van der Waals surface area contributed by atoms with E-state index in [-0.39, 0.29) is 5.91 Å². The minimum Gasteiger partial charge on any atom is -0.493 e. The molecule has 9 heteroatoms. The highest BCUT2D eigenvalue weighted by atomic mass is 79.9. The van der Waals surface area contributed by atoms with Crippen molar-refractivity contribution in [2.75, 3.05) is 52.7 Å². The van der Waals surface area contributed by atoms with Crippen LogP contribution in [0.15, 0.2) is 33.2 Å². The minimum absolute atomic E-state index is 0.189. The SMILES string of the molecule is COc1cc2c(cc1OC)CC(=O)N(CC1CCCCN1CCCOc1cc(Br)c(N)c(Br)c1)CC2. The van der Waals surface area contributed by atoms with Crippen molar-refractivity contribution in [2.45, 2.75) is 44.6 Å². The van der Waals surface area contributed by atoms with E-state index in [1.165, 1.54) is 18.4 Å². The molecule has 36 heavy (non-hydrogen) atoms. The van der Waals surface area contributed by atoms with Gasteiger partial charge >= 0.3 is 0 Å². The molecule has 7 nitrogen and oxygen atoms in total. The number of ether oxygens (including phenoxy) is 3. The smallest absolute Gasteiger partial charge is 0.227 e. The normalized spacial score (nSPS) is 18.5. The van der Waals surface area contributed by atoms with Crippen LogP contribution in [0.2, 0.25) is 0 Å². The topological polar surface area (TPSA) is 77.3 Å². The van der Waals surface area contributed by atoms with Gasteiger partial charge in [0.2, 0.25) is 5.91 Å². The number of piperidine rings is 1. The van der Waals surface area contributed by atoms with Gasteiger partial charge in [-0.15, -0.1) is 0 Å². The number of benzene rings is 2. The van der Waals surface area contributed by atoms with Gasteiger partial charge in [-0.3, -0.25) is 9.69 Å². The van der Waals surface area contributed by atoms with Crippen LogP contribution in [0.25, 0.3) is 0 Å². The van der Waals surface area contributed by atoms with Gasteiger partial charge in [-0.25, -0.2) is 0 Å². The van der Waals surface area contributed by atoms with Crippen LogP contribution in [-0.2, 0) is 17.6 Å². The summed E-state index contributed by atoms with van der Waals surface area (Å²) in [5.74, 6) is 2.38. The number of nitrogens with zero attached hydrogens (tertiary/aromatic N) is 2. The van der Waals surface area contributed by atoms with Crippen LogP contribution in [0, 0.1) is 0 Å². The number of hydrogen-bond donors (Lipinski definition) is 1. The molecule has 0 bridgehead atoms. The Morgan fingerprint density at radius 3 is 2.39 bits per heavy atom. The summed E-state index contributed by atoms with van der Waals surface area (Å²) in [7, 11) is 3.28. The second kappa shape index (κ2) is 12.5. The molecule has 2 N–H and O–H groups in total. The lowest BCUT2D eigenvalue weighted by atomic mass is 10.0. The number of rotatable bonds is 9. The van der Waals surface area contributed by atoms with Gasteiger partial charge in [0.1, 0.15) is 5.75 Å². The second-order valence-corrected chi connectivity index (χ2v) is 11.1. The van der Waals surface area contributed by atoms with E-state index >= 15 is 0 Å². The number of anilines is 1. The Bertz CT molecular complexity index is 1060. The van der Waals surface area contributed by atoms with Gasteiger partial charge in [0.25, 0.3) is 0 Å². The predicted molar refractivity (Wildman–Crippen MR) is 149 cm³/mol. The Morgan fingerprint density at radius 2 is 1.69 bits per heavy atom. The summed E-state index contributed by atoms with van der Waals surface area (Å²) in [6.45, 7) is 4.17. The first-order valence-corrected chi connectivity index (χ1v) is 14.1. The molecule has 2 aromatic rings. The highest BCUT2D eigenvalue weighted by Crippen LogP contribution is 2.34. The maximum absolute atomic E-state index is 13.2. The zero-order chi connectivity index (χ0) is 25.7. The molecule has 2 aromatic carbocycles. The van der Waals surface area contributed by atoms with Gasteiger partial charge in [-0.05, 0) is 99.5 Å². The van der Waals surface area contributed by atoms with Crippen molar-refractivity contribution in [1.29, 1.82) is 0 Å². The molecule has 0 aromatic heterocycles. The average molecular weight is 625 g/mol. The summed E-state index contributed by atoms with van der Waals surface area (Å²) in [5, 5.41) is 0. The molecule has 1 fully saturated rings. The molecule has 1 unspecified atom stereocenters. The Hall–Kier alpha value is -1.97. The quantitative estimate of drug-likeness (QED) is 0.310. The monoisotopic (exact) mass is 623 g/mol. The maximum Gasteiger partial charge on any atom is 0.227 e. The van der Waals surface area contributed by atoms with E-state index in [4.69, 9.17) is 19.9 Å². The number of nitrogen functional groups attached to an aromatic ring is 1.